The molecule has 1 saturated heterocycles. The number of rotatable bonds is 7. The summed E-state index contributed by atoms with van der Waals surface area (Å²) in [5, 5.41) is 39.2. The maximum Gasteiger partial charge on any atom is 0.0840 e. The Bertz CT molecular complexity index is 450. The molecule has 2 rings (SSSR count). The number of nitrogens with zero attached hydrogens (tertiary/aromatic N) is 1. The van der Waals surface area contributed by atoms with E-state index >= 15 is 0 Å². The first-order valence-corrected chi connectivity index (χ1v) is 7.97. The molecule has 1 aromatic rings. The highest BCUT2D eigenvalue weighted by Crippen LogP contribution is 2.27. The lowest BCUT2D eigenvalue weighted by molar-refractivity contribution is -0.00406. The lowest BCUT2D eigenvalue weighted by Gasteiger charge is -2.30. The van der Waals surface area contributed by atoms with Crippen molar-refractivity contribution in [1.29, 1.82) is 0 Å². The van der Waals surface area contributed by atoms with Crippen molar-refractivity contribution in [2.24, 2.45) is 5.92 Å². The lowest BCUT2D eigenvalue weighted by Crippen LogP contribution is -2.41. The summed E-state index contributed by atoms with van der Waals surface area (Å²) in [4.78, 5) is 2.10. The minimum Gasteiger partial charge on any atom is -0.395 e. The Kier molecular flexibility index (Phi) is 6.35. The molecule has 0 bridgehead atoms. The van der Waals surface area contributed by atoms with Crippen molar-refractivity contribution in [3.8, 4) is 0 Å². The summed E-state index contributed by atoms with van der Waals surface area (Å²) in [7, 11) is 0. The topological polar surface area (TPSA) is 84.2 Å². The van der Waals surface area contributed by atoms with Crippen LogP contribution in [0.15, 0.2) is 24.3 Å². The zero-order valence-electron chi connectivity index (χ0n) is 13.1. The van der Waals surface area contributed by atoms with Crippen LogP contribution in [0.3, 0.4) is 0 Å². The molecule has 124 valence electrons. The van der Waals surface area contributed by atoms with Gasteiger partial charge in [0.05, 0.1) is 25.4 Å². The zero-order valence-corrected chi connectivity index (χ0v) is 13.1. The van der Waals surface area contributed by atoms with Crippen LogP contribution in [-0.4, -0.2) is 57.2 Å². The van der Waals surface area contributed by atoms with Gasteiger partial charge in [-0.3, -0.25) is 4.90 Å². The summed E-state index contributed by atoms with van der Waals surface area (Å²) in [6.07, 6.45) is 0.595. The van der Waals surface area contributed by atoms with E-state index in [0.717, 1.165) is 30.5 Å². The highest BCUT2D eigenvalue weighted by atomic mass is 16.3. The van der Waals surface area contributed by atoms with Crippen LogP contribution >= 0.6 is 0 Å². The largest absolute Gasteiger partial charge is 0.395 e. The van der Waals surface area contributed by atoms with Gasteiger partial charge in [0.15, 0.2) is 0 Å². The number of likely N-dealkylation sites (tertiary alicyclic amines) is 1. The SMILES string of the molecule is CC(C(O)CN1CCCC1CO)C(O)c1ccc(CO)cc1. The number of aliphatic hydroxyl groups is 4. The van der Waals surface area contributed by atoms with Crippen LogP contribution in [0, 0.1) is 5.92 Å². The van der Waals surface area contributed by atoms with Crippen LogP contribution in [0.2, 0.25) is 0 Å². The number of hydrogen-bond acceptors (Lipinski definition) is 5. The molecule has 4 N–H and O–H groups in total. The molecule has 5 nitrogen and oxygen atoms in total. The molecule has 22 heavy (non-hydrogen) atoms. The van der Waals surface area contributed by atoms with Crippen molar-refractivity contribution in [1.82, 2.24) is 4.90 Å². The first kappa shape index (κ1) is 17.4. The molecule has 1 aliphatic heterocycles. The van der Waals surface area contributed by atoms with Gasteiger partial charge in [-0.2, -0.15) is 0 Å². The molecule has 0 aromatic heterocycles. The molecule has 0 saturated carbocycles. The Hall–Kier alpha value is -0.980. The van der Waals surface area contributed by atoms with Crippen LogP contribution in [0.5, 0.6) is 0 Å². The third-order valence-electron chi connectivity index (χ3n) is 4.74. The Morgan fingerprint density at radius 1 is 1.18 bits per heavy atom. The summed E-state index contributed by atoms with van der Waals surface area (Å²) in [5.74, 6) is -0.306. The minimum atomic E-state index is -0.752. The maximum absolute atomic E-state index is 10.4. The van der Waals surface area contributed by atoms with Crippen molar-refractivity contribution in [3.63, 3.8) is 0 Å². The summed E-state index contributed by atoms with van der Waals surface area (Å²) in [5.41, 5.74) is 1.54. The molecule has 5 heteroatoms. The van der Waals surface area contributed by atoms with Crippen molar-refractivity contribution in [3.05, 3.63) is 35.4 Å². The molecule has 1 heterocycles. The van der Waals surface area contributed by atoms with Gasteiger partial charge in [0, 0.05) is 18.5 Å². The van der Waals surface area contributed by atoms with E-state index in [-0.39, 0.29) is 25.2 Å². The molecule has 1 aliphatic rings. The van der Waals surface area contributed by atoms with Crippen molar-refractivity contribution >= 4 is 0 Å². The third kappa shape index (κ3) is 4.06. The van der Waals surface area contributed by atoms with E-state index < -0.39 is 12.2 Å². The standard InChI is InChI=1S/C17H27NO4/c1-12(16(21)9-18-8-2-3-15(18)11-20)17(22)14-6-4-13(10-19)5-7-14/h4-7,12,15-17,19-22H,2-3,8-11H2,1H3. The molecule has 4 atom stereocenters. The summed E-state index contributed by atoms with van der Waals surface area (Å²) < 4.78 is 0. The second kappa shape index (κ2) is 8.04. The van der Waals surface area contributed by atoms with Gasteiger partial charge in [0.25, 0.3) is 0 Å². The van der Waals surface area contributed by atoms with Crippen molar-refractivity contribution < 1.29 is 20.4 Å². The monoisotopic (exact) mass is 309 g/mol. The second-order valence-electron chi connectivity index (χ2n) is 6.24. The predicted molar refractivity (Wildman–Crippen MR) is 84.2 cm³/mol. The van der Waals surface area contributed by atoms with E-state index in [0.29, 0.717) is 6.54 Å². The first-order valence-electron chi connectivity index (χ1n) is 7.97. The summed E-state index contributed by atoms with van der Waals surface area (Å²) >= 11 is 0. The number of benzene rings is 1. The van der Waals surface area contributed by atoms with Crippen molar-refractivity contribution in [2.45, 2.75) is 44.6 Å². The first-order chi connectivity index (χ1) is 10.6. The van der Waals surface area contributed by atoms with Crippen molar-refractivity contribution in [2.75, 3.05) is 19.7 Å². The van der Waals surface area contributed by atoms with Crippen LogP contribution in [-0.2, 0) is 6.61 Å². The Morgan fingerprint density at radius 3 is 2.45 bits per heavy atom. The number of hydrogen-bond donors (Lipinski definition) is 4. The molecule has 1 fully saturated rings. The van der Waals surface area contributed by atoms with Crippen LogP contribution in [0.4, 0.5) is 0 Å². The van der Waals surface area contributed by atoms with E-state index in [4.69, 9.17) is 5.11 Å². The van der Waals surface area contributed by atoms with E-state index in [1.807, 2.05) is 6.92 Å². The van der Waals surface area contributed by atoms with Crippen LogP contribution < -0.4 is 0 Å². The minimum absolute atomic E-state index is 0.0218. The Labute approximate surface area is 131 Å². The van der Waals surface area contributed by atoms with Gasteiger partial charge < -0.3 is 20.4 Å². The van der Waals surface area contributed by atoms with Gasteiger partial charge in [-0.1, -0.05) is 31.2 Å². The van der Waals surface area contributed by atoms with Gasteiger partial charge in [-0.05, 0) is 30.5 Å². The highest BCUT2D eigenvalue weighted by Gasteiger charge is 2.30. The highest BCUT2D eigenvalue weighted by molar-refractivity contribution is 5.24. The maximum atomic E-state index is 10.4. The number of aliphatic hydroxyl groups excluding tert-OH is 4. The quantitative estimate of drug-likeness (QED) is 0.595. The van der Waals surface area contributed by atoms with Crippen LogP contribution in [0.1, 0.15) is 37.0 Å². The fourth-order valence-electron chi connectivity index (χ4n) is 3.08. The fraction of sp³-hybridized carbons (Fsp3) is 0.647. The fourth-order valence-corrected chi connectivity index (χ4v) is 3.08. The zero-order chi connectivity index (χ0) is 16.1. The summed E-state index contributed by atoms with van der Waals surface area (Å²) in [6, 6.07) is 7.25. The second-order valence-corrected chi connectivity index (χ2v) is 6.24. The van der Waals surface area contributed by atoms with E-state index in [9.17, 15) is 15.3 Å². The lowest BCUT2D eigenvalue weighted by atomic mass is 9.91. The predicted octanol–water partition coefficient (Wildman–Crippen LogP) is 0.666. The molecule has 0 spiro atoms. The van der Waals surface area contributed by atoms with Crippen LogP contribution in [0.25, 0.3) is 0 Å². The molecule has 0 aliphatic carbocycles. The molecule has 1 aromatic carbocycles. The third-order valence-corrected chi connectivity index (χ3v) is 4.74. The van der Waals surface area contributed by atoms with Gasteiger partial charge in [0.1, 0.15) is 0 Å². The van der Waals surface area contributed by atoms with Gasteiger partial charge in [0.2, 0.25) is 0 Å². The van der Waals surface area contributed by atoms with Gasteiger partial charge >= 0.3 is 0 Å². The van der Waals surface area contributed by atoms with Gasteiger partial charge in [-0.25, -0.2) is 0 Å². The van der Waals surface area contributed by atoms with E-state index in [2.05, 4.69) is 4.90 Å². The Balaban J connectivity index is 1.94. The molecular weight excluding hydrogens is 282 g/mol. The molecular formula is C17H27NO4. The summed E-state index contributed by atoms with van der Waals surface area (Å²) in [6.45, 7) is 3.28. The average molecular weight is 309 g/mol. The smallest absolute Gasteiger partial charge is 0.0840 e. The number of β-amino-alcohol motifs (C(OH)–C–C–N with tert-alkyl or cyclic N) is 1. The Morgan fingerprint density at radius 2 is 1.86 bits per heavy atom. The molecule has 0 amide bonds. The van der Waals surface area contributed by atoms with E-state index in [1.54, 1.807) is 24.3 Å². The average Bonchev–Trinajstić information content (AvgIpc) is 3.00. The molecule has 0 radical (unpaired) electrons. The normalized spacial score (nSPS) is 23.4. The van der Waals surface area contributed by atoms with Gasteiger partial charge in [-0.15, -0.1) is 0 Å². The molecule has 4 unspecified atom stereocenters. The van der Waals surface area contributed by atoms with E-state index in [1.165, 1.54) is 0 Å².